The molecule has 0 aliphatic carbocycles. The zero-order valence-electron chi connectivity index (χ0n) is 14.4. The van der Waals surface area contributed by atoms with Crippen molar-refractivity contribution in [2.24, 2.45) is 0 Å². The van der Waals surface area contributed by atoms with Gasteiger partial charge >= 0.3 is 0 Å². The first kappa shape index (κ1) is 17.4. The number of hydrogen-bond acceptors (Lipinski definition) is 9. The normalized spacial score (nSPS) is 10.9. The predicted molar refractivity (Wildman–Crippen MR) is 108 cm³/mol. The maximum absolute atomic E-state index is 5.83. The summed E-state index contributed by atoms with van der Waals surface area (Å²) in [6.07, 6.45) is 0. The van der Waals surface area contributed by atoms with Crippen LogP contribution in [0.25, 0.3) is 10.7 Å². The number of thioether (sulfide) groups is 1. The van der Waals surface area contributed by atoms with Crippen LogP contribution in [0, 0.1) is 6.92 Å². The maximum Gasteiger partial charge on any atom is 0.232 e. The van der Waals surface area contributed by atoms with Gasteiger partial charge in [0.1, 0.15) is 5.82 Å². The zero-order valence-corrected chi connectivity index (χ0v) is 16.0. The third-order valence-electron chi connectivity index (χ3n) is 3.56. The van der Waals surface area contributed by atoms with E-state index in [-0.39, 0.29) is 5.95 Å². The van der Waals surface area contributed by atoms with E-state index in [2.05, 4.69) is 35.5 Å². The molecule has 0 radical (unpaired) electrons. The van der Waals surface area contributed by atoms with Crippen LogP contribution in [0.5, 0.6) is 0 Å². The van der Waals surface area contributed by atoms with Crippen molar-refractivity contribution in [1.29, 1.82) is 0 Å². The summed E-state index contributed by atoms with van der Waals surface area (Å²) in [6, 6.07) is 11.9. The Bertz CT molecular complexity index is 1030. The standard InChI is InChI=1S/C17H16N8S2/c1-10-4-6-11(7-5-10)19-16-21-13(20-15(18)23-16)9-27-17-22-14(24-25-17)12-3-2-8-26-12/h2-8H,9H2,1H3,(H,22,24,25)(H3,18,19,20,21,23). The Morgan fingerprint density at radius 3 is 2.74 bits per heavy atom. The molecule has 0 unspecified atom stereocenters. The Balaban J connectivity index is 1.44. The van der Waals surface area contributed by atoms with E-state index >= 15 is 0 Å². The Hall–Kier alpha value is -2.98. The van der Waals surface area contributed by atoms with E-state index in [0.29, 0.717) is 22.7 Å². The highest BCUT2D eigenvalue weighted by Gasteiger charge is 2.10. The fourth-order valence-electron chi connectivity index (χ4n) is 2.29. The molecule has 1 aromatic carbocycles. The van der Waals surface area contributed by atoms with E-state index in [0.717, 1.165) is 16.4 Å². The molecule has 0 amide bonds. The van der Waals surface area contributed by atoms with Crippen molar-refractivity contribution in [2.45, 2.75) is 17.8 Å². The molecule has 8 nitrogen and oxygen atoms in total. The second-order valence-corrected chi connectivity index (χ2v) is 7.55. The Morgan fingerprint density at radius 2 is 1.96 bits per heavy atom. The van der Waals surface area contributed by atoms with Crippen LogP contribution in [0.4, 0.5) is 17.6 Å². The summed E-state index contributed by atoms with van der Waals surface area (Å²) < 4.78 is 0. The number of rotatable bonds is 6. The third kappa shape index (κ3) is 4.41. The molecule has 10 heteroatoms. The van der Waals surface area contributed by atoms with Gasteiger partial charge in [0.25, 0.3) is 0 Å². The molecule has 27 heavy (non-hydrogen) atoms. The summed E-state index contributed by atoms with van der Waals surface area (Å²) in [5.74, 6) is 2.38. The van der Waals surface area contributed by atoms with Crippen molar-refractivity contribution in [3.05, 3.63) is 53.2 Å². The van der Waals surface area contributed by atoms with Crippen LogP contribution in [-0.2, 0) is 5.75 Å². The van der Waals surface area contributed by atoms with E-state index in [1.807, 2.05) is 48.7 Å². The highest BCUT2D eigenvalue weighted by molar-refractivity contribution is 7.98. The van der Waals surface area contributed by atoms with E-state index in [4.69, 9.17) is 5.73 Å². The summed E-state index contributed by atoms with van der Waals surface area (Å²) in [4.78, 5) is 18.3. The quantitative estimate of drug-likeness (QED) is 0.423. The number of anilines is 3. The van der Waals surface area contributed by atoms with Gasteiger partial charge < -0.3 is 11.1 Å². The van der Waals surface area contributed by atoms with Gasteiger partial charge in [-0.2, -0.15) is 15.0 Å². The minimum absolute atomic E-state index is 0.171. The average molecular weight is 397 g/mol. The van der Waals surface area contributed by atoms with Gasteiger partial charge in [0.15, 0.2) is 5.82 Å². The second kappa shape index (κ2) is 7.72. The predicted octanol–water partition coefficient (Wildman–Crippen LogP) is 3.64. The fourth-order valence-corrected chi connectivity index (χ4v) is 3.61. The number of nitrogen functional groups attached to an aromatic ring is 1. The number of nitrogens with zero attached hydrogens (tertiary/aromatic N) is 5. The number of benzene rings is 1. The van der Waals surface area contributed by atoms with Crippen LogP contribution >= 0.6 is 23.1 Å². The van der Waals surface area contributed by atoms with E-state index in [9.17, 15) is 0 Å². The molecule has 0 fully saturated rings. The SMILES string of the molecule is Cc1ccc(Nc2nc(N)nc(CSc3n[nH]c(-c4cccs4)n3)n2)cc1. The molecule has 4 N–H and O–H groups in total. The molecular formula is C17H16N8S2. The lowest BCUT2D eigenvalue weighted by atomic mass is 10.2. The van der Waals surface area contributed by atoms with Crippen molar-refractivity contribution >= 4 is 40.7 Å². The van der Waals surface area contributed by atoms with Crippen molar-refractivity contribution in [2.75, 3.05) is 11.1 Å². The lowest BCUT2D eigenvalue weighted by Crippen LogP contribution is -2.06. The van der Waals surface area contributed by atoms with Gasteiger partial charge in [0.05, 0.1) is 10.6 Å². The molecule has 3 aromatic heterocycles. The van der Waals surface area contributed by atoms with E-state index < -0.39 is 0 Å². The summed E-state index contributed by atoms with van der Waals surface area (Å²) in [5, 5.41) is 12.9. The number of H-pyrrole nitrogens is 1. The molecule has 136 valence electrons. The molecule has 0 saturated carbocycles. The van der Waals surface area contributed by atoms with Crippen LogP contribution in [-0.4, -0.2) is 30.1 Å². The van der Waals surface area contributed by atoms with Gasteiger partial charge in [-0.3, -0.25) is 5.10 Å². The van der Waals surface area contributed by atoms with E-state index in [1.54, 1.807) is 11.3 Å². The number of nitrogens with one attached hydrogen (secondary N) is 2. The van der Waals surface area contributed by atoms with Crippen molar-refractivity contribution < 1.29 is 0 Å². The van der Waals surface area contributed by atoms with E-state index in [1.165, 1.54) is 17.3 Å². The highest BCUT2D eigenvalue weighted by Crippen LogP contribution is 2.24. The largest absolute Gasteiger partial charge is 0.368 e. The molecule has 0 saturated heterocycles. The van der Waals surface area contributed by atoms with Crippen molar-refractivity contribution in [1.82, 2.24) is 30.1 Å². The Kier molecular flexibility index (Phi) is 4.99. The third-order valence-corrected chi connectivity index (χ3v) is 5.28. The molecule has 0 spiro atoms. The minimum atomic E-state index is 0.171. The smallest absolute Gasteiger partial charge is 0.232 e. The number of hydrogen-bond donors (Lipinski definition) is 3. The van der Waals surface area contributed by atoms with Gasteiger partial charge in [0, 0.05) is 5.69 Å². The number of aryl methyl sites for hydroxylation is 1. The summed E-state index contributed by atoms with van der Waals surface area (Å²) in [5.41, 5.74) is 7.90. The molecular weight excluding hydrogens is 380 g/mol. The highest BCUT2D eigenvalue weighted by atomic mass is 32.2. The zero-order chi connectivity index (χ0) is 18.6. The first-order chi connectivity index (χ1) is 13.2. The minimum Gasteiger partial charge on any atom is -0.368 e. The lowest BCUT2D eigenvalue weighted by molar-refractivity contribution is 0.955. The average Bonchev–Trinajstić information content (AvgIpc) is 3.33. The van der Waals surface area contributed by atoms with Gasteiger partial charge in [-0.25, -0.2) is 4.98 Å². The molecule has 0 aliphatic rings. The van der Waals surface area contributed by atoms with Crippen molar-refractivity contribution in [3.63, 3.8) is 0 Å². The molecule has 3 heterocycles. The van der Waals surface area contributed by atoms with Crippen LogP contribution in [0.1, 0.15) is 11.4 Å². The molecule has 4 rings (SSSR count). The maximum atomic E-state index is 5.83. The van der Waals surface area contributed by atoms with Gasteiger partial charge in [-0.15, -0.1) is 16.4 Å². The van der Waals surface area contributed by atoms with Gasteiger partial charge in [0.2, 0.25) is 17.1 Å². The van der Waals surface area contributed by atoms with Crippen LogP contribution in [0.15, 0.2) is 46.9 Å². The Morgan fingerprint density at radius 1 is 1.11 bits per heavy atom. The van der Waals surface area contributed by atoms with Crippen LogP contribution < -0.4 is 11.1 Å². The number of thiophene rings is 1. The summed E-state index contributed by atoms with van der Waals surface area (Å²) in [6.45, 7) is 2.03. The second-order valence-electron chi connectivity index (χ2n) is 5.66. The molecule has 0 aliphatic heterocycles. The van der Waals surface area contributed by atoms with Crippen molar-refractivity contribution in [3.8, 4) is 10.7 Å². The van der Waals surface area contributed by atoms with Gasteiger partial charge in [-0.05, 0) is 30.5 Å². The Labute approximate surface area is 163 Å². The monoisotopic (exact) mass is 396 g/mol. The molecule has 4 aromatic rings. The topological polar surface area (TPSA) is 118 Å². The summed E-state index contributed by atoms with van der Waals surface area (Å²) >= 11 is 3.04. The van der Waals surface area contributed by atoms with Gasteiger partial charge in [-0.1, -0.05) is 35.5 Å². The first-order valence-electron chi connectivity index (χ1n) is 8.09. The molecule has 0 atom stereocenters. The lowest BCUT2D eigenvalue weighted by Gasteiger charge is -2.07. The van der Waals surface area contributed by atoms with Crippen LogP contribution in [0.3, 0.4) is 0 Å². The van der Waals surface area contributed by atoms with Crippen LogP contribution in [0.2, 0.25) is 0 Å². The fraction of sp³-hybridized carbons (Fsp3) is 0.118. The molecule has 0 bridgehead atoms. The number of nitrogens with two attached hydrogens (primary N) is 1. The first-order valence-corrected chi connectivity index (χ1v) is 9.95. The number of aromatic nitrogens is 6. The number of aromatic amines is 1. The summed E-state index contributed by atoms with van der Waals surface area (Å²) in [7, 11) is 0.